The van der Waals surface area contributed by atoms with E-state index >= 15 is 0 Å². The van der Waals surface area contributed by atoms with Crippen molar-refractivity contribution >= 4 is 5.91 Å². The molecule has 0 aliphatic rings. The largest absolute Gasteiger partial charge is 0.493 e. The number of aryl methyl sites for hydroxylation is 1. The smallest absolute Gasteiger partial charge is 0.416 e. The quantitative estimate of drug-likeness (QED) is 0.294. The molecule has 6 nitrogen and oxygen atoms in total. The minimum absolute atomic E-state index is 0.220. The molecule has 2 aromatic heterocycles. The molecule has 0 unspecified atom stereocenters. The Morgan fingerprint density at radius 3 is 2.32 bits per heavy atom. The summed E-state index contributed by atoms with van der Waals surface area (Å²) in [6.07, 6.45) is -0.520. The molecule has 4 aromatic rings. The average molecular weight is 513 g/mol. The van der Waals surface area contributed by atoms with Gasteiger partial charge in [0.25, 0.3) is 5.91 Å². The molecule has 0 saturated heterocycles. The number of nitrogens with zero attached hydrogens (tertiary/aromatic N) is 1. The Balaban J connectivity index is 1.57. The first-order valence-corrected chi connectivity index (χ1v) is 11.6. The van der Waals surface area contributed by atoms with Crippen LogP contribution in [0.5, 0.6) is 11.5 Å². The minimum Gasteiger partial charge on any atom is -0.493 e. The molecule has 0 radical (unpaired) electrons. The second-order valence-electron chi connectivity index (χ2n) is 8.53. The summed E-state index contributed by atoms with van der Waals surface area (Å²) < 4.78 is 56.8. The van der Waals surface area contributed by atoms with E-state index in [1.165, 1.54) is 18.4 Å². The number of alkyl halides is 3. The summed E-state index contributed by atoms with van der Waals surface area (Å²) in [7, 11) is 3.13. The first-order valence-electron chi connectivity index (χ1n) is 11.6. The number of furan rings is 1. The van der Waals surface area contributed by atoms with Crippen LogP contribution in [-0.4, -0.2) is 31.2 Å². The number of amides is 1. The number of ether oxygens (including phenoxy) is 2. The Hall–Kier alpha value is -4.14. The van der Waals surface area contributed by atoms with Crippen LogP contribution in [0.25, 0.3) is 11.3 Å². The van der Waals surface area contributed by atoms with E-state index in [1.807, 2.05) is 25.1 Å². The summed E-state index contributed by atoms with van der Waals surface area (Å²) in [5, 5.41) is 2.96. The lowest BCUT2D eigenvalue weighted by Gasteiger charge is -2.13. The van der Waals surface area contributed by atoms with Gasteiger partial charge in [0, 0.05) is 19.3 Å². The van der Waals surface area contributed by atoms with Crippen molar-refractivity contribution in [3.8, 4) is 22.8 Å². The Labute approximate surface area is 212 Å². The molecular weight excluding hydrogens is 485 g/mol. The van der Waals surface area contributed by atoms with E-state index in [4.69, 9.17) is 13.9 Å². The maximum Gasteiger partial charge on any atom is 0.416 e. The normalized spacial score (nSPS) is 11.4. The zero-order chi connectivity index (χ0) is 26.6. The van der Waals surface area contributed by atoms with Gasteiger partial charge in [0.1, 0.15) is 11.5 Å². The summed E-state index contributed by atoms with van der Waals surface area (Å²) in [5.41, 5.74) is 2.70. The highest BCUT2D eigenvalue weighted by atomic mass is 19.4. The van der Waals surface area contributed by atoms with Gasteiger partial charge >= 0.3 is 6.18 Å². The molecule has 1 amide bonds. The van der Waals surface area contributed by atoms with Gasteiger partial charge in [0.2, 0.25) is 0 Å². The lowest BCUT2D eigenvalue weighted by Crippen LogP contribution is -2.28. The van der Waals surface area contributed by atoms with Crippen molar-refractivity contribution in [2.75, 3.05) is 20.8 Å². The number of carbonyl (C=O) groups excluding carboxylic acids is 1. The van der Waals surface area contributed by atoms with E-state index < -0.39 is 11.7 Å². The zero-order valence-corrected chi connectivity index (χ0v) is 20.7. The third-order valence-electron chi connectivity index (χ3n) is 6.03. The van der Waals surface area contributed by atoms with Crippen LogP contribution in [0.4, 0.5) is 13.2 Å². The summed E-state index contributed by atoms with van der Waals surface area (Å²) >= 11 is 0. The SMILES string of the molecule is COc1ccc(CCNC(=O)c2c(-c3ccco3)c(C)cn2Cc2ccc(C(F)(F)F)cc2)cc1OC. The van der Waals surface area contributed by atoms with Gasteiger partial charge in [0.15, 0.2) is 11.5 Å². The Bertz CT molecular complexity index is 1360. The van der Waals surface area contributed by atoms with Crippen LogP contribution < -0.4 is 14.8 Å². The third-order valence-corrected chi connectivity index (χ3v) is 6.03. The summed E-state index contributed by atoms with van der Waals surface area (Å²) in [5.74, 6) is 1.45. The molecule has 0 bridgehead atoms. The maximum absolute atomic E-state index is 13.4. The molecular formula is C28H27F3N2O4. The van der Waals surface area contributed by atoms with Crippen LogP contribution in [0.2, 0.25) is 0 Å². The summed E-state index contributed by atoms with van der Waals surface area (Å²) in [4.78, 5) is 13.4. The zero-order valence-electron chi connectivity index (χ0n) is 20.7. The molecule has 9 heteroatoms. The van der Waals surface area contributed by atoms with E-state index in [2.05, 4.69) is 5.32 Å². The fraction of sp³-hybridized carbons (Fsp3) is 0.250. The minimum atomic E-state index is -4.41. The van der Waals surface area contributed by atoms with E-state index in [-0.39, 0.29) is 12.5 Å². The molecule has 0 atom stereocenters. The van der Waals surface area contributed by atoms with Gasteiger partial charge in [-0.25, -0.2) is 0 Å². The number of carbonyl (C=O) groups is 1. The van der Waals surface area contributed by atoms with Gasteiger partial charge in [-0.05, 0) is 66.4 Å². The number of rotatable bonds is 9. The topological polar surface area (TPSA) is 65.6 Å². The molecule has 4 rings (SSSR count). The van der Waals surface area contributed by atoms with Crippen molar-refractivity contribution in [3.63, 3.8) is 0 Å². The highest BCUT2D eigenvalue weighted by molar-refractivity contribution is 6.00. The molecule has 37 heavy (non-hydrogen) atoms. The molecule has 0 spiro atoms. The summed E-state index contributed by atoms with van der Waals surface area (Å²) in [6, 6.07) is 14.0. The molecule has 0 fully saturated rings. The molecule has 0 aliphatic heterocycles. The van der Waals surface area contributed by atoms with Gasteiger partial charge in [-0.2, -0.15) is 13.2 Å². The van der Waals surface area contributed by atoms with Gasteiger partial charge in [-0.3, -0.25) is 4.79 Å². The second-order valence-corrected chi connectivity index (χ2v) is 8.53. The van der Waals surface area contributed by atoms with E-state index in [1.54, 1.807) is 37.1 Å². The average Bonchev–Trinajstić information content (AvgIpc) is 3.51. The van der Waals surface area contributed by atoms with Crippen molar-refractivity contribution in [2.45, 2.75) is 26.1 Å². The molecule has 194 valence electrons. The van der Waals surface area contributed by atoms with Crippen molar-refractivity contribution < 1.29 is 31.9 Å². The van der Waals surface area contributed by atoms with Gasteiger partial charge in [-0.15, -0.1) is 0 Å². The molecule has 2 aromatic carbocycles. The Kier molecular flexibility index (Phi) is 7.61. The number of aromatic nitrogens is 1. The van der Waals surface area contributed by atoms with Gasteiger partial charge in [0.05, 0.1) is 31.6 Å². The first kappa shape index (κ1) is 25.9. The van der Waals surface area contributed by atoms with Crippen molar-refractivity contribution in [2.24, 2.45) is 0 Å². The molecule has 1 N–H and O–H groups in total. The number of hydrogen-bond donors (Lipinski definition) is 1. The first-order chi connectivity index (χ1) is 17.7. The summed E-state index contributed by atoms with van der Waals surface area (Å²) in [6.45, 7) is 2.44. The maximum atomic E-state index is 13.4. The number of halogens is 3. The van der Waals surface area contributed by atoms with Crippen LogP contribution >= 0.6 is 0 Å². The predicted molar refractivity (Wildman–Crippen MR) is 133 cm³/mol. The fourth-order valence-electron chi connectivity index (χ4n) is 4.23. The van der Waals surface area contributed by atoms with Crippen molar-refractivity contribution in [3.05, 3.63) is 95.0 Å². The second kappa shape index (κ2) is 10.9. The Morgan fingerprint density at radius 1 is 1.00 bits per heavy atom. The van der Waals surface area contributed by atoms with Gasteiger partial charge in [-0.1, -0.05) is 18.2 Å². The van der Waals surface area contributed by atoms with Crippen molar-refractivity contribution in [1.29, 1.82) is 0 Å². The number of hydrogen-bond acceptors (Lipinski definition) is 4. The van der Waals surface area contributed by atoms with E-state index in [9.17, 15) is 18.0 Å². The van der Waals surface area contributed by atoms with E-state index in [0.29, 0.717) is 47.0 Å². The van der Waals surface area contributed by atoms with E-state index in [0.717, 1.165) is 23.3 Å². The number of methoxy groups -OCH3 is 2. The van der Waals surface area contributed by atoms with Gasteiger partial charge < -0.3 is 23.8 Å². The lowest BCUT2D eigenvalue weighted by molar-refractivity contribution is -0.137. The van der Waals surface area contributed by atoms with Crippen molar-refractivity contribution in [1.82, 2.24) is 9.88 Å². The van der Waals surface area contributed by atoms with Crippen LogP contribution in [0, 0.1) is 6.92 Å². The Morgan fingerprint density at radius 2 is 1.70 bits per heavy atom. The highest BCUT2D eigenvalue weighted by Gasteiger charge is 2.30. The van der Waals surface area contributed by atoms with Crippen LogP contribution in [-0.2, 0) is 19.1 Å². The fourth-order valence-corrected chi connectivity index (χ4v) is 4.23. The predicted octanol–water partition coefficient (Wildman–Crippen LogP) is 6.11. The van der Waals surface area contributed by atoms with Crippen LogP contribution in [0.1, 0.15) is 32.7 Å². The van der Waals surface area contributed by atoms with Crippen LogP contribution in [0.3, 0.4) is 0 Å². The molecule has 0 aliphatic carbocycles. The number of nitrogens with one attached hydrogen (secondary N) is 1. The molecule has 2 heterocycles. The monoisotopic (exact) mass is 512 g/mol. The number of benzene rings is 2. The molecule has 0 saturated carbocycles. The third kappa shape index (κ3) is 5.82. The standard InChI is InChI=1S/C28H27F3N2O4/c1-18-16-33(17-20-6-9-21(10-7-20)28(29,30)31)26(25(18)23-5-4-14-37-23)27(34)32-13-12-19-8-11-22(35-2)24(15-19)36-3/h4-11,14-16H,12-13,17H2,1-3H3,(H,32,34). The highest BCUT2D eigenvalue weighted by Crippen LogP contribution is 2.32. The van der Waals surface area contributed by atoms with Crippen LogP contribution in [0.15, 0.2) is 71.5 Å². The lowest BCUT2D eigenvalue weighted by atomic mass is 10.1.